The fourth-order valence-corrected chi connectivity index (χ4v) is 4.78. The Morgan fingerprint density at radius 3 is 2.94 bits per heavy atom. The predicted molar refractivity (Wildman–Crippen MR) is 118 cm³/mol. The van der Waals surface area contributed by atoms with Crippen molar-refractivity contribution in [1.82, 2.24) is 15.5 Å². The summed E-state index contributed by atoms with van der Waals surface area (Å²) in [4.78, 5) is 40.8. The van der Waals surface area contributed by atoms with Crippen molar-refractivity contribution in [3.63, 3.8) is 0 Å². The van der Waals surface area contributed by atoms with Crippen molar-refractivity contribution in [2.45, 2.75) is 51.3 Å². The van der Waals surface area contributed by atoms with Gasteiger partial charge < -0.3 is 20.3 Å². The molecule has 0 saturated carbocycles. The summed E-state index contributed by atoms with van der Waals surface area (Å²) in [5, 5.41) is 7.85. The number of amides is 3. The van der Waals surface area contributed by atoms with E-state index in [0.717, 1.165) is 10.4 Å². The highest BCUT2D eigenvalue weighted by Crippen LogP contribution is 2.34. The molecule has 2 N–H and O–H groups in total. The van der Waals surface area contributed by atoms with Gasteiger partial charge in [0.1, 0.15) is 17.4 Å². The zero-order valence-electron chi connectivity index (χ0n) is 17.8. The molecule has 2 aliphatic rings. The van der Waals surface area contributed by atoms with Gasteiger partial charge in [-0.05, 0) is 43.8 Å². The number of hydrogen-bond donors (Lipinski definition) is 2. The molecule has 0 bridgehead atoms. The lowest BCUT2D eigenvalue weighted by Crippen LogP contribution is -2.49. The SMILES string of the molecule is Cc1ccc2c(c1)C(=O)NC[C@@]1(CCC(=O)N([C@H](C)C(=O)NCc3cccs3)CC1)O2. The average Bonchev–Trinajstić information content (AvgIpc) is 3.18. The van der Waals surface area contributed by atoms with Crippen LogP contribution in [0.1, 0.15) is 47.0 Å². The van der Waals surface area contributed by atoms with Crippen LogP contribution >= 0.6 is 11.3 Å². The van der Waals surface area contributed by atoms with Gasteiger partial charge in [0.05, 0.1) is 18.7 Å². The van der Waals surface area contributed by atoms with E-state index in [2.05, 4.69) is 10.6 Å². The lowest BCUT2D eigenvalue weighted by Gasteiger charge is -2.32. The average molecular weight is 442 g/mol. The van der Waals surface area contributed by atoms with Crippen LogP contribution in [-0.4, -0.2) is 47.4 Å². The van der Waals surface area contributed by atoms with Gasteiger partial charge in [-0.2, -0.15) is 0 Å². The Bertz CT molecular complexity index is 991. The second-order valence-corrected chi connectivity index (χ2v) is 9.31. The Hall–Kier alpha value is -2.87. The number of carbonyl (C=O) groups excluding carboxylic acids is 3. The van der Waals surface area contributed by atoms with Crippen LogP contribution in [0.2, 0.25) is 0 Å². The van der Waals surface area contributed by atoms with Crippen LogP contribution in [0.25, 0.3) is 0 Å². The van der Waals surface area contributed by atoms with Gasteiger partial charge in [0.2, 0.25) is 11.8 Å². The van der Waals surface area contributed by atoms with Gasteiger partial charge in [-0.1, -0.05) is 17.7 Å². The van der Waals surface area contributed by atoms with E-state index in [1.807, 2.05) is 42.6 Å². The second kappa shape index (κ2) is 8.70. The zero-order valence-corrected chi connectivity index (χ0v) is 18.6. The molecule has 1 aromatic heterocycles. The van der Waals surface area contributed by atoms with Crippen molar-refractivity contribution >= 4 is 29.1 Å². The third kappa shape index (κ3) is 4.58. The highest BCUT2D eigenvalue weighted by molar-refractivity contribution is 7.09. The fourth-order valence-electron chi connectivity index (χ4n) is 4.13. The van der Waals surface area contributed by atoms with Crippen LogP contribution in [0.4, 0.5) is 0 Å². The maximum Gasteiger partial charge on any atom is 0.255 e. The molecule has 0 aliphatic carbocycles. The summed E-state index contributed by atoms with van der Waals surface area (Å²) < 4.78 is 6.36. The third-order valence-corrected chi connectivity index (χ3v) is 6.94. The minimum atomic E-state index is -0.673. The second-order valence-electron chi connectivity index (χ2n) is 8.28. The van der Waals surface area contributed by atoms with E-state index in [0.29, 0.717) is 43.8 Å². The topological polar surface area (TPSA) is 87.7 Å². The summed E-state index contributed by atoms with van der Waals surface area (Å²) in [6.07, 6.45) is 1.29. The normalized spacial score (nSPS) is 22.1. The molecule has 0 unspecified atom stereocenters. The van der Waals surface area contributed by atoms with E-state index < -0.39 is 11.6 Å². The molecule has 31 heavy (non-hydrogen) atoms. The molecule has 4 rings (SSSR count). The first-order valence-electron chi connectivity index (χ1n) is 10.5. The molecule has 7 nitrogen and oxygen atoms in total. The molecule has 1 fully saturated rings. The summed E-state index contributed by atoms with van der Waals surface area (Å²) in [6.45, 7) is 4.87. The number of thiophene rings is 1. The van der Waals surface area contributed by atoms with Crippen molar-refractivity contribution in [2.24, 2.45) is 0 Å². The van der Waals surface area contributed by atoms with Crippen molar-refractivity contribution in [3.05, 3.63) is 51.7 Å². The molecular formula is C23H27N3O4S. The number of ether oxygens (including phenoxy) is 1. The smallest absolute Gasteiger partial charge is 0.255 e. The molecule has 0 radical (unpaired) electrons. The Morgan fingerprint density at radius 2 is 2.16 bits per heavy atom. The van der Waals surface area contributed by atoms with Gasteiger partial charge in [-0.3, -0.25) is 14.4 Å². The summed E-state index contributed by atoms with van der Waals surface area (Å²) >= 11 is 1.58. The Kier molecular flexibility index (Phi) is 6.00. The van der Waals surface area contributed by atoms with Crippen molar-refractivity contribution < 1.29 is 19.1 Å². The summed E-state index contributed by atoms with van der Waals surface area (Å²) in [6, 6.07) is 8.89. The van der Waals surface area contributed by atoms with Crippen molar-refractivity contribution in [2.75, 3.05) is 13.1 Å². The molecule has 3 amide bonds. The molecule has 3 heterocycles. The summed E-state index contributed by atoms with van der Waals surface area (Å²) in [7, 11) is 0. The quantitative estimate of drug-likeness (QED) is 0.764. The van der Waals surface area contributed by atoms with Crippen LogP contribution in [0, 0.1) is 6.92 Å². The van der Waals surface area contributed by atoms with E-state index in [1.165, 1.54) is 0 Å². The highest BCUT2D eigenvalue weighted by atomic mass is 32.1. The van der Waals surface area contributed by atoms with Crippen molar-refractivity contribution in [3.8, 4) is 5.75 Å². The predicted octanol–water partition coefficient (Wildman–Crippen LogP) is 2.63. The molecule has 1 aromatic carbocycles. The monoisotopic (exact) mass is 441 g/mol. The largest absolute Gasteiger partial charge is 0.485 e. The Balaban J connectivity index is 1.46. The van der Waals surface area contributed by atoms with Crippen LogP contribution in [0.5, 0.6) is 5.75 Å². The van der Waals surface area contributed by atoms with E-state index in [1.54, 1.807) is 23.2 Å². The third-order valence-electron chi connectivity index (χ3n) is 6.06. The number of aryl methyl sites for hydroxylation is 1. The first-order valence-corrected chi connectivity index (χ1v) is 11.4. The number of hydrogen-bond acceptors (Lipinski definition) is 5. The Morgan fingerprint density at radius 1 is 1.32 bits per heavy atom. The Labute approximate surface area is 185 Å². The molecule has 1 saturated heterocycles. The lowest BCUT2D eigenvalue weighted by atomic mass is 9.94. The van der Waals surface area contributed by atoms with Gasteiger partial charge >= 0.3 is 0 Å². The molecule has 8 heteroatoms. The maximum atomic E-state index is 12.9. The number of likely N-dealkylation sites (tertiary alicyclic amines) is 1. The minimum Gasteiger partial charge on any atom is -0.485 e. The number of nitrogens with zero attached hydrogens (tertiary/aromatic N) is 1. The molecule has 164 valence electrons. The first kappa shape index (κ1) is 21.4. The van der Waals surface area contributed by atoms with E-state index in [9.17, 15) is 14.4 Å². The number of nitrogens with one attached hydrogen (secondary N) is 2. The number of carbonyl (C=O) groups is 3. The van der Waals surface area contributed by atoms with Crippen LogP contribution in [0.3, 0.4) is 0 Å². The summed E-state index contributed by atoms with van der Waals surface area (Å²) in [5.41, 5.74) is 0.831. The lowest BCUT2D eigenvalue weighted by molar-refractivity contribution is -0.139. The van der Waals surface area contributed by atoms with E-state index >= 15 is 0 Å². The highest BCUT2D eigenvalue weighted by Gasteiger charge is 2.41. The van der Waals surface area contributed by atoms with Crippen LogP contribution in [-0.2, 0) is 16.1 Å². The summed E-state index contributed by atoms with van der Waals surface area (Å²) in [5.74, 6) is 0.139. The van der Waals surface area contributed by atoms with Gasteiger partial charge in [0, 0.05) is 24.3 Å². The zero-order chi connectivity index (χ0) is 22.0. The molecular weight excluding hydrogens is 414 g/mol. The first-order chi connectivity index (χ1) is 14.9. The number of rotatable bonds is 4. The standard InChI is InChI=1S/C23H27N3O4S/c1-15-5-6-19-18(12-15)22(29)25-14-23(30-19)8-7-20(27)26(10-9-23)16(2)21(28)24-13-17-4-3-11-31-17/h3-6,11-12,16H,7-10,13-14H2,1-2H3,(H,24,28)(H,25,29)/t16-,23+/m1/s1. The van der Waals surface area contributed by atoms with E-state index in [4.69, 9.17) is 4.74 Å². The minimum absolute atomic E-state index is 0.0704. The van der Waals surface area contributed by atoms with Crippen LogP contribution in [0.15, 0.2) is 35.7 Å². The number of fused-ring (bicyclic) bond motifs is 1. The molecule has 1 spiro atoms. The van der Waals surface area contributed by atoms with Gasteiger partial charge in [-0.25, -0.2) is 0 Å². The van der Waals surface area contributed by atoms with Gasteiger partial charge in [0.15, 0.2) is 0 Å². The molecule has 2 aliphatic heterocycles. The number of benzene rings is 1. The molecule has 2 atom stereocenters. The van der Waals surface area contributed by atoms with Gasteiger partial charge in [0.25, 0.3) is 5.91 Å². The van der Waals surface area contributed by atoms with Gasteiger partial charge in [-0.15, -0.1) is 11.3 Å². The maximum absolute atomic E-state index is 12.9. The van der Waals surface area contributed by atoms with E-state index in [-0.39, 0.29) is 24.1 Å². The van der Waals surface area contributed by atoms with Crippen molar-refractivity contribution in [1.29, 1.82) is 0 Å². The molecule has 2 aromatic rings. The van der Waals surface area contributed by atoms with Crippen LogP contribution < -0.4 is 15.4 Å². The fraction of sp³-hybridized carbons (Fsp3) is 0.435.